The van der Waals surface area contributed by atoms with Gasteiger partial charge in [-0.1, -0.05) is 6.07 Å². The standard InChI is InChI=1S/C9H10F2O2/c1-9(10,11)6-13-8-4-2-3-7(12)5-8/h2-5,12H,6H2,1H3. The van der Waals surface area contributed by atoms with E-state index >= 15 is 0 Å². The molecule has 0 bridgehead atoms. The molecular formula is C9H10F2O2. The second-order valence-electron chi connectivity index (χ2n) is 2.86. The molecular weight excluding hydrogens is 178 g/mol. The van der Waals surface area contributed by atoms with Gasteiger partial charge in [0.1, 0.15) is 11.5 Å². The van der Waals surface area contributed by atoms with E-state index in [0.717, 1.165) is 6.92 Å². The predicted octanol–water partition coefficient (Wildman–Crippen LogP) is 2.43. The molecule has 0 saturated carbocycles. The highest BCUT2D eigenvalue weighted by Gasteiger charge is 2.21. The number of hydrogen-bond acceptors (Lipinski definition) is 2. The van der Waals surface area contributed by atoms with E-state index < -0.39 is 12.5 Å². The Labute approximate surface area is 74.8 Å². The van der Waals surface area contributed by atoms with E-state index in [9.17, 15) is 8.78 Å². The Morgan fingerprint density at radius 3 is 2.69 bits per heavy atom. The smallest absolute Gasteiger partial charge is 0.278 e. The minimum absolute atomic E-state index is 0.00285. The van der Waals surface area contributed by atoms with Crippen LogP contribution in [-0.4, -0.2) is 17.6 Å². The molecule has 0 atom stereocenters. The van der Waals surface area contributed by atoms with Crippen LogP contribution in [0.25, 0.3) is 0 Å². The lowest BCUT2D eigenvalue weighted by Crippen LogP contribution is -2.20. The first-order chi connectivity index (χ1) is 5.97. The van der Waals surface area contributed by atoms with Crippen LogP contribution in [0.3, 0.4) is 0 Å². The Kier molecular flexibility index (Phi) is 2.70. The molecule has 72 valence electrons. The average Bonchev–Trinajstić information content (AvgIpc) is 2.00. The highest BCUT2D eigenvalue weighted by atomic mass is 19.3. The molecule has 0 spiro atoms. The minimum Gasteiger partial charge on any atom is -0.508 e. The van der Waals surface area contributed by atoms with Crippen LogP contribution in [0.2, 0.25) is 0 Å². The molecule has 0 fully saturated rings. The lowest BCUT2D eigenvalue weighted by atomic mass is 10.3. The second kappa shape index (κ2) is 3.60. The molecule has 0 saturated heterocycles. The summed E-state index contributed by atoms with van der Waals surface area (Å²) in [4.78, 5) is 0. The molecule has 0 aliphatic rings. The van der Waals surface area contributed by atoms with Crippen LogP contribution in [0.1, 0.15) is 6.92 Å². The third kappa shape index (κ3) is 3.73. The van der Waals surface area contributed by atoms with Crippen molar-refractivity contribution in [2.24, 2.45) is 0 Å². The van der Waals surface area contributed by atoms with Gasteiger partial charge >= 0.3 is 0 Å². The zero-order chi connectivity index (χ0) is 9.90. The van der Waals surface area contributed by atoms with Gasteiger partial charge in [-0.25, -0.2) is 8.78 Å². The Morgan fingerprint density at radius 1 is 1.46 bits per heavy atom. The van der Waals surface area contributed by atoms with Gasteiger partial charge in [-0.15, -0.1) is 0 Å². The van der Waals surface area contributed by atoms with Gasteiger partial charge < -0.3 is 9.84 Å². The number of hydrogen-bond donors (Lipinski definition) is 1. The molecule has 0 unspecified atom stereocenters. The monoisotopic (exact) mass is 188 g/mol. The van der Waals surface area contributed by atoms with Crippen LogP contribution in [0.15, 0.2) is 24.3 Å². The Balaban J connectivity index is 2.55. The summed E-state index contributed by atoms with van der Waals surface area (Å²) in [5.74, 6) is -2.62. The molecule has 0 radical (unpaired) electrons. The molecule has 1 N–H and O–H groups in total. The molecule has 4 heteroatoms. The molecule has 1 aromatic carbocycles. The van der Waals surface area contributed by atoms with Gasteiger partial charge in [-0.2, -0.15) is 0 Å². The van der Waals surface area contributed by atoms with Crippen molar-refractivity contribution in [1.29, 1.82) is 0 Å². The van der Waals surface area contributed by atoms with E-state index in [1.54, 1.807) is 0 Å². The summed E-state index contributed by atoms with van der Waals surface area (Å²) < 4.78 is 29.4. The van der Waals surface area contributed by atoms with Crippen LogP contribution in [0.4, 0.5) is 8.78 Å². The number of phenols is 1. The third-order valence-electron chi connectivity index (χ3n) is 1.31. The third-order valence-corrected chi connectivity index (χ3v) is 1.31. The van der Waals surface area contributed by atoms with Crippen molar-refractivity contribution in [2.45, 2.75) is 12.8 Å². The van der Waals surface area contributed by atoms with Gasteiger partial charge in [0.25, 0.3) is 5.92 Å². The fourth-order valence-corrected chi connectivity index (χ4v) is 0.783. The van der Waals surface area contributed by atoms with Crippen molar-refractivity contribution < 1.29 is 18.6 Å². The van der Waals surface area contributed by atoms with E-state index in [1.165, 1.54) is 24.3 Å². The first-order valence-corrected chi connectivity index (χ1v) is 3.77. The largest absolute Gasteiger partial charge is 0.508 e. The summed E-state index contributed by atoms with van der Waals surface area (Å²) in [5, 5.41) is 8.97. The van der Waals surface area contributed by atoms with Crippen molar-refractivity contribution in [2.75, 3.05) is 6.61 Å². The van der Waals surface area contributed by atoms with E-state index in [-0.39, 0.29) is 11.5 Å². The van der Waals surface area contributed by atoms with Crippen molar-refractivity contribution in [3.8, 4) is 11.5 Å². The number of aromatic hydroxyl groups is 1. The average molecular weight is 188 g/mol. The number of rotatable bonds is 3. The molecule has 0 aliphatic heterocycles. The fourth-order valence-electron chi connectivity index (χ4n) is 0.783. The van der Waals surface area contributed by atoms with E-state index in [2.05, 4.69) is 0 Å². The van der Waals surface area contributed by atoms with Crippen LogP contribution >= 0.6 is 0 Å². The van der Waals surface area contributed by atoms with Gasteiger partial charge in [0, 0.05) is 13.0 Å². The molecule has 1 rings (SSSR count). The maximum atomic E-state index is 12.3. The van der Waals surface area contributed by atoms with Crippen LogP contribution in [0.5, 0.6) is 11.5 Å². The Hall–Kier alpha value is -1.32. The predicted molar refractivity (Wildman–Crippen MR) is 44.2 cm³/mol. The molecule has 0 aliphatic carbocycles. The number of alkyl halides is 2. The SMILES string of the molecule is CC(F)(F)COc1cccc(O)c1. The van der Waals surface area contributed by atoms with Crippen molar-refractivity contribution in [3.05, 3.63) is 24.3 Å². The summed E-state index contributed by atoms with van der Waals surface area (Å²) in [7, 11) is 0. The van der Waals surface area contributed by atoms with Crippen molar-refractivity contribution >= 4 is 0 Å². The van der Waals surface area contributed by atoms with Gasteiger partial charge in [-0.05, 0) is 12.1 Å². The molecule has 0 heterocycles. The summed E-state index contributed by atoms with van der Waals surface area (Å²) >= 11 is 0. The van der Waals surface area contributed by atoms with E-state index in [4.69, 9.17) is 9.84 Å². The van der Waals surface area contributed by atoms with Crippen molar-refractivity contribution in [3.63, 3.8) is 0 Å². The van der Waals surface area contributed by atoms with Crippen LogP contribution in [0, 0.1) is 0 Å². The highest BCUT2D eigenvalue weighted by Crippen LogP contribution is 2.20. The molecule has 2 nitrogen and oxygen atoms in total. The lowest BCUT2D eigenvalue weighted by molar-refractivity contribution is -0.0230. The summed E-state index contributed by atoms with van der Waals surface area (Å²) in [6, 6.07) is 5.76. The van der Waals surface area contributed by atoms with Gasteiger partial charge in [0.05, 0.1) is 0 Å². The van der Waals surface area contributed by atoms with Crippen LogP contribution < -0.4 is 4.74 Å². The van der Waals surface area contributed by atoms with Gasteiger partial charge in [-0.3, -0.25) is 0 Å². The Morgan fingerprint density at radius 2 is 2.15 bits per heavy atom. The molecule has 13 heavy (non-hydrogen) atoms. The second-order valence-corrected chi connectivity index (χ2v) is 2.86. The first-order valence-electron chi connectivity index (χ1n) is 3.77. The quantitative estimate of drug-likeness (QED) is 0.789. The van der Waals surface area contributed by atoms with Gasteiger partial charge in [0.15, 0.2) is 6.61 Å². The lowest BCUT2D eigenvalue weighted by Gasteiger charge is -2.11. The molecule has 1 aromatic rings. The van der Waals surface area contributed by atoms with Crippen LogP contribution in [-0.2, 0) is 0 Å². The number of benzene rings is 1. The van der Waals surface area contributed by atoms with E-state index in [0.29, 0.717) is 0 Å². The number of phenolic OH excluding ortho intramolecular Hbond substituents is 1. The maximum Gasteiger partial charge on any atom is 0.278 e. The van der Waals surface area contributed by atoms with Gasteiger partial charge in [0.2, 0.25) is 0 Å². The van der Waals surface area contributed by atoms with E-state index in [1.807, 2.05) is 0 Å². The maximum absolute atomic E-state index is 12.3. The topological polar surface area (TPSA) is 29.5 Å². The Bertz CT molecular complexity index is 281. The summed E-state index contributed by atoms with van der Waals surface area (Å²) in [5.41, 5.74) is 0. The summed E-state index contributed by atoms with van der Waals surface area (Å²) in [6.45, 7) is 0.0895. The fraction of sp³-hybridized carbons (Fsp3) is 0.333. The highest BCUT2D eigenvalue weighted by molar-refractivity contribution is 5.31. The normalized spacial score (nSPS) is 11.3. The number of halogens is 2. The minimum atomic E-state index is -2.86. The first kappa shape index (κ1) is 9.77. The molecule has 0 aromatic heterocycles. The summed E-state index contributed by atoms with van der Waals surface area (Å²) in [6.07, 6.45) is 0. The zero-order valence-corrected chi connectivity index (χ0v) is 7.13. The van der Waals surface area contributed by atoms with Crippen molar-refractivity contribution in [1.82, 2.24) is 0 Å². The molecule has 0 amide bonds. The number of ether oxygens (including phenoxy) is 1. The zero-order valence-electron chi connectivity index (χ0n) is 7.13.